The summed E-state index contributed by atoms with van der Waals surface area (Å²) in [6.07, 6.45) is 2.21. The molecule has 1 fully saturated rings. The minimum Gasteiger partial charge on any atom is -0.494 e. The van der Waals surface area contributed by atoms with Crippen molar-refractivity contribution < 1.29 is 9.84 Å². The van der Waals surface area contributed by atoms with Crippen LogP contribution in [0.5, 0.6) is 5.75 Å². The Bertz CT molecular complexity index is 429. The maximum absolute atomic E-state index is 9.44. The molecule has 1 aliphatic rings. The van der Waals surface area contributed by atoms with E-state index >= 15 is 0 Å². The van der Waals surface area contributed by atoms with E-state index in [1.54, 1.807) is 0 Å². The van der Waals surface area contributed by atoms with E-state index in [0.717, 1.165) is 44.4 Å². The Balaban J connectivity index is 1.69. The van der Waals surface area contributed by atoms with Gasteiger partial charge in [-0.25, -0.2) is 0 Å². The van der Waals surface area contributed by atoms with Crippen molar-refractivity contribution in [1.82, 2.24) is 10.2 Å². The molecular formula is C18H30N2O2. The number of nitrogens with one attached hydrogen (secondary N) is 1. The van der Waals surface area contributed by atoms with E-state index in [9.17, 15) is 5.11 Å². The number of para-hydroxylation sites is 1. The third-order valence-electron chi connectivity index (χ3n) is 4.25. The van der Waals surface area contributed by atoms with Gasteiger partial charge in [-0.2, -0.15) is 0 Å². The first kappa shape index (κ1) is 17.3. The van der Waals surface area contributed by atoms with Crippen LogP contribution in [-0.4, -0.2) is 48.9 Å². The van der Waals surface area contributed by atoms with Crippen LogP contribution in [0.2, 0.25) is 0 Å². The van der Waals surface area contributed by atoms with Gasteiger partial charge in [0.2, 0.25) is 0 Å². The van der Waals surface area contributed by atoms with Crippen LogP contribution in [0, 0.1) is 5.92 Å². The van der Waals surface area contributed by atoms with Crippen molar-refractivity contribution in [2.75, 3.05) is 32.8 Å². The molecule has 1 atom stereocenters. The van der Waals surface area contributed by atoms with Crippen molar-refractivity contribution >= 4 is 0 Å². The van der Waals surface area contributed by atoms with Gasteiger partial charge in [0.25, 0.3) is 0 Å². The highest BCUT2D eigenvalue weighted by molar-refractivity contribution is 5.33. The van der Waals surface area contributed by atoms with Crippen LogP contribution in [-0.2, 0) is 6.54 Å². The third kappa shape index (κ3) is 5.59. The number of nitrogens with zero attached hydrogens (tertiary/aromatic N) is 1. The third-order valence-corrected chi connectivity index (χ3v) is 4.25. The fourth-order valence-corrected chi connectivity index (χ4v) is 3.10. The molecule has 22 heavy (non-hydrogen) atoms. The van der Waals surface area contributed by atoms with Gasteiger partial charge >= 0.3 is 0 Å². The zero-order valence-corrected chi connectivity index (χ0v) is 13.9. The number of hydrogen-bond acceptors (Lipinski definition) is 4. The van der Waals surface area contributed by atoms with Crippen molar-refractivity contribution in [2.45, 2.75) is 39.3 Å². The molecule has 0 bridgehead atoms. The predicted octanol–water partition coefficient (Wildman–Crippen LogP) is 2.27. The monoisotopic (exact) mass is 306 g/mol. The smallest absolute Gasteiger partial charge is 0.123 e. The van der Waals surface area contributed by atoms with E-state index < -0.39 is 0 Å². The number of rotatable bonds is 8. The molecule has 0 aromatic heterocycles. The second kappa shape index (κ2) is 9.13. The maximum Gasteiger partial charge on any atom is 0.123 e. The highest BCUT2D eigenvalue weighted by Gasteiger charge is 2.19. The lowest BCUT2D eigenvalue weighted by molar-refractivity contribution is 0.0998. The molecule has 4 nitrogen and oxygen atoms in total. The second-order valence-corrected chi connectivity index (χ2v) is 6.26. The first-order valence-electron chi connectivity index (χ1n) is 8.51. The van der Waals surface area contributed by atoms with E-state index in [2.05, 4.69) is 22.3 Å². The first-order valence-corrected chi connectivity index (χ1v) is 8.51. The maximum atomic E-state index is 9.44. The molecule has 1 saturated heterocycles. The lowest BCUT2D eigenvalue weighted by Gasteiger charge is -2.32. The summed E-state index contributed by atoms with van der Waals surface area (Å²) in [5, 5.41) is 13.0. The van der Waals surface area contributed by atoms with Crippen molar-refractivity contribution in [3.05, 3.63) is 29.8 Å². The van der Waals surface area contributed by atoms with Crippen LogP contribution in [0.4, 0.5) is 0 Å². The SMILES string of the molecule is CCOc1ccccc1CNCC1CCN(C[C@@H](C)O)CC1. The van der Waals surface area contributed by atoms with Crippen molar-refractivity contribution in [3.63, 3.8) is 0 Å². The predicted molar refractivity (Wildman–Crippen MR) is 90.2 cm³/mol. The molecule has 0 aliphatic carbocycles. The molecular weight excluding hydrogens is 276 g/mol. The summed E-state index contributed by atoms with van der Waals surface area (Å²) in [6.45, 7) is 9.53. The number of aliphatic hydroxyl groups is 1. The molecule has 0 spiro atoms. The highest BCUT2D eigenvalue weighted by Crippen LogP contribution is 2.19. The fraction of sp³-hybridized carbons (Fsp3) is 0.667. The molecule has 2 rings (SSSR count). The molecule has 4 heteroatoms. The Morgan fingerprint density at radius 2 is 2.05 bits per heavy atom. The van der Waals surface area contributed by atoms with Gasteiger partial charge in [-0.1, -0.05) is 18.2 Å². The van der Waals surface area contributed by atoms with Gasteiger partial charge in [-0.05, 0) is 58.3 Å². The topological polar surface area (TPSA) is 44.7 Å². The van der Waals surface area contributed by atoms with Gasteiger partial charge in [0.15, 0.2) is 0 Å². The summed E-state index contributed by atoms with van der Waals surface area (Å²) in [7, 11) is 0. The number of aliphatic hydroxyl groups excluding tert-OH is 1. The van der Waals surface area contributed by atoms with Crippen molar-refractivity contribution in [1.29, 1.82) is 0 Å². The second-order valence-electron chi connectivity index (χ2n) is 6.26. The fourth-order valence-electron chi connectivity index (χ4n) is 3.10. The average Bonchev–Trinajstić information content (AvgIpc) is 2.50. The van der Waals surface area contributed by atoms with E-state index in [-0.39, 0.29) is 6.10 Å². The summed E-state index contributed by atoms with van der Waals surface area (Å²) in [5.74, 6) is 1.73. The van der Waals surface area contributed by atoms with Gasteiger partial charge in [-0.3, -0.25) is 0 Å². The van der Waals surface area contributed by atoms with Crippen LogP contribution in [0.25, 0.3) is 0 Å². The molecule has 1 aliphatic heterocycles. The molecule has 124 valence electrons. The first-order chi connectivity index (χ1) is 10.7. The number of benzene rings is 1. The Labute approximate surface area is 134 Å². The molecule has 1 aromatic rings. The summed E-state index contributed by atoms with van der Waals surface area (Å²) in [5.41, 5.74) is 1.23. The lowest BCUT2D eigenvalue weighted by Crippen LogP contribution is -2.40. The Hall–Kier alpha value is -1.10. The van der Waals surface area contributed by atoms with Crippen LogP contribution in [0.1, 0.15) is 32.3 Å². The molecule has 2 N–H and O–H groups in total. The minimum absolute atomic E-state index is 0.218. The van der Waals surface area contributed by atoms with Gasteiger partial charge < -0.3 is 20.1 Å². The standard InChI is InChI=1S/C18H30N2O2/c1-3-22-18-7-5-4-6-17(18)13-19-12-16-8-10-20(11-9-16)14-15(2)21/h4-7,15-16,19,21H,3,8-14H2,1-2H3/t15-/m1/s1. The number of β-amino-alcohol motifs (C(OH)–C–C–N with tert-alkyl or cyclic N) is 1. The van der Waals surface area contributed by atoms with E-state index in [1.807, 2.05) is 26.0 Å². The van der Waals surface area contributed by atoms with Crippen molar-refractivity contribution in [2.24, 2.45) is 5.92 Å². The van der Waals surface area contributed by atoms with Gasteiger partial charge in [0.1, 0.15) is 5.75 Å². The van der Waals surface area contributed by atoms with Crippen LogP contribution < -0.4 is 10.1 Å². The minimum atomic E-state index is -0.218. The zero-order valence-electron chi connectivity index (χ0n) is 13.9. The summed E-state index contributed by atoms with van der Waals surface area (Å²) >= 11 is 0. The van der Waals surface area contributed by atoms with E-state index in [4.69, 9.17) is 4.74 Å². The molecule has 0 saturated carbocycles. The highest BCUT2D eigenvalue weighted by atomic mass is 16.5. The van der Waals surface area contributed by atoms with Gasteiger partial charge in [0, 0.05) is 18.7 Å². The summed E-state index contributed by atoms with van der Waals surface area (Å²) in [4.78, 5) is 2.37. The largest absolute Gasteiger partial charge is 0.494 e. The van der Waals surface area contributed by atoms with E-state index in [0.29, 0.717) is 6.61 Å². The average molecular weight is 306 g/mol. The Morgan fingerprint density at radius 3 is 2.73 bits per heavy atom. The van der Waals surface area contributed by atoms with Crippen LogP contribution in [0.15, 0.2) is 24.3 Å². The van der Waals surface area contributed by atoms with Gasteiger partial charge in [-0.15, -0.1) is 0 Å². The number of likely N-dealkylation sites (tertiary alicyclic amines) is 1. The molecule has 0 radical (unpaired) electrons. The summed E-state index contributed by atoms with van der Waals surface area (Å²) in [6, 6.07) is 8.25. The zero-order chi connectivity index (χ0) is 15.8. The number of ether oxygens (including phenoxy) is 1. The number of piperidine rings is 1. The normalized spacial score (nSPS) is 18.3. The van der Waals surface area contributed by atoms with E-state index in [1.165, 1.54) is 18.4 Å². The van der Waals surface area contributed by atoms with Crippen LogP contribution in [0.3, 0.4) is 0 Å². The molecule has 0 amide bonds. The Kier molecular flexibility index (Phi) is 7.16. The molecule has 1 heterocycles. The van der Waals surface area contributed by atoms with Crippen LogP contribution >= 0.6 is 0 Å². The van der Waals surface area contributed by atoms with Gasteiger partial charge in [0.05, 0.1) is 12.7 Å². The summed E-state index contributed by atoms with van der Waals surface area (Å²) < 4.78 is 5.66. The quantitative estimate of drug-likeness (QED) is 0.773. The van der Waals surface area contributed by atoms with Crippen molar-refractivity contribution in [3.8, 4) is 5.75 Å². The number of hydrogen-bond donors (Lipinski definition) is 2. The molecule has 0 unspecified atom stereocenters. The molecule has 1 aromatic carbocycles. The Morgan fingerprint density at radius 1 is 1.32 bits per heavy atom. The lowest BCUT2D eigenvalue weighted by atomic mass is 9.96.